The SMILES string of the molecule is O=C(c1ccc2cc(OCc3ccc(C(F)(F)F)cc3)ccc2c1)N1CCN(Cc2ccc(C(F)(F)F)cc2)CC1. The molecule has 0 atom stereocenters. The highest BCUT2D eigenvalue weighted by Gasteiger charge is 2.31. The molecule has 10 heteroatoms. The first-order chi connectivity index (χ1) is 19.5. The average Bonchev–Trinajstić information content (AvgIpc) is 2.95. The van der Waals surface area contributed by atoms with E-state index in [9.17, 15) is 31.1 Å². The molecule has 0 radical (unpaired) electrons. The van der Waals surface area contributed by atoms with Gasteiger partial charge in [0.25, 0.3) is 5.91 Å². The maximum atomic E-state index is 13.2. The van der Waals surface area contributed by atoms with E-state index in [1.807, 2.05) is 24.3 Å². The van der Waals surface area contributed by atoms with Crippen molar-refractivity contribution in [2.45, 2.75) is 25.5 Å². The Morgan fingerprint density at radius 3 is 1.78 bits per heavy atom. The van der Waals surface area contributed by atoms with Gasteiger partial charge in [-0.1, -0.05) is 36.4 Å². The van der Waals surface area contributed by atoms with Crippen LogP contribution in [-0.4, -0.2) is 41.9 Å². The van der Waals surface area contributed by atoms with E-state index in [1.54, 1.807) is 17.0 Å². The lowest BCUT2D eigenvalue weighted by Crippen LogP contribution is -2.48. The minimum Gasteiger partial charge on any atom is -0.489 e. The van der Waals surface area contributed by atoms with Crippen LogP contribution in [0.3, 0.4) is 0 Å². The number of rotatable bonds is 6. The summed E-state index contributed by atoms with van der Waals surface area (Å²) in [4.78, 5) is 17.0. The second kappa shape index (κ2) is 11.4. The summed E-state index contributed by atoms with van der Waals surface area (Å²) < 4.78 is 82.4. The molecule has 1 aliphatic heterocycles. The van der Waals surface area contributed by atoms with Gasteiger partial charge in [0.15, 0.2) is 0 Å². The molecule has 0 bridgehead atoms. The molecule has 0 saturated carbocycles. The van der Waals surface area contributed by atoms with Gasteiger partial charge in [0, 0.05) is 38.3 Å². The molecular weight excluding hydrogens is 546 g/mol. The Hall–Kier alpha value is -4.05. The lowest BCUT2D eigenvalue weighted by molar-refractivity contribution is -0.138. The molecule has 0 aliphatic carbocycles. The van der Waals surface area contributed by atoms with Crippen molar-refractivity contribution in [3.05, 3.63) is 113 Å². The number of carbonyl (C=O) groups is 1. The van der Waals surface area contributed by atoms with Crippen LogP contribution in [0.5, 0.6) is 5.75 Å². The molecule has 4 aromatic rings. The number of nitrogens with zero attached hydrogens (tertiary/aromatic N) is 2. The second-order valence-electron chi connectivity index (χ2n) is 9.97. The van der Waals surface area contributed by atoms with E-state index in [0.717, 1.165) is 40.6 Å². The number of ether oxygens (including phenoxy) is 1. The van der Waals surface area contributed by atoms with E-state index < -0.39 is 23.5 Å². The lowest BCUT2D eigenvalue weighted by Gasteiger charge is -2.35. The van der Waals surface area contributed by atoms with Gasteiger partial charge >= 0.3 is 12.4 Å². The van der Waals surface area contributed by atoms with Gasteiger partial charge in [0.05, 0.1) is 11.1 Å². The monoisotopic (exact) mass is 572 g/mol. The summed E-state index contributed by atoms with van der Waals surface area (Å²) in [7, 11) is 0. The quantitative estimate of drug-likeness (QED) is 0.226. The lowest BCUT2D eigenvalue weighted by atomic mass is 10.1. The maximum absolute atomic E-state index is 13.2. The highest BCUT2D eigenvalue weighted by Crippen LogP contribution is 2.30. The van der Waals surface area contributed by atoms with E-state index in [4.69, 9.17) is 4.74 Å². The van der Waals surface area contributed by atoms with E-state index in [-0.39, 0.29) is 12.5 Å². The van der Waals surface area contributed by atoms with Gasteiger partial charge in [-0.05, 0) is 70.4 Å². The van der Waals surface area contributed by atoms with Crippen LogP contribution >= 0.6 is 0 Å². The zero-order chi connectivity index (χ0) is 29.2. The number of halogens is 6. The first kappa shape index (κ1) is 28.5. The van der Waals surface area contributed by atoms with Gasteiger partial charge in [-0.2, -0.15) is 26.3 Å². The minimum absolute atomic E-state index is 0.0938. The Kier molecular flexibility index (Phi) is 7.95. The molecular formula is C31H26F6N2O2. The van der Waals surface area contributed by atoms with E-state index >= 15 is 0 Å². The fourth-order valence-corrected chi connectivity index (χ4v) is 4.75. The minimum atomic E-state index is -4.38. The van der Waals surface area contributed by atoms with Crippen LogP contribution in [0.25, 0.3) is 10.8 Å². The van der Waals surface area contributed by atoms with E-state index in [0.29, 0.717) is 49.6 Å². The summed E-state index contributed by atoms with van der Waals surface area (Å²) in [6.45, 7) is 2.87. The number of benzene rings is 4. The second-order valence-corrected chi connectivity index (χ2v) is 9.97. The smallest absolute Gasteiger partial charge is 0.416 e. The van der Waals surface area contributed by atoms with Gasteiger partial charge < -0.3 is 9.64 Å². The largest absolute Gasteiger partial charge is 0.489 e. The van der Waals surface area contributed by atoms with Gasteiger partial charge in [0.2, 0.25) is 0 Å². The van der Waals surface area contributed by atoms with Crippen molar-refractivity contribution >= 4 is 16.7 Å². The number of carbonyl (C=O) groups excluding carboxylic acids is 1. The number of piperazine rings is 1. The molecule has 5 rings (SSSR count). The van der Waals surface area contributed by atoms with Crippen LogP contribution in [0, 0.1) is 0 Å². The molecule has 1 saturated heterocycles. The normalized spacial score (nSPS) is 14.8. The number of fused-ring (bicyclic) bond motifs is 1. The summed E-state index contributed by atoms with van der Waals surface area (Å²) in [5.41, 5.74) is 0.562. The van der Waals surface area contributed by atoms with Crippen LogP contribution in [-0.2, 0) is 25.5 Å². The van der Waals surface area contributed by atoms with Gasteiger partial charge in [0.1, 0.15) is 12.4 Å². The molecule has 214 valence electrons. The first-order valence-corrected chi connectivity index (χ1v) is 13.0. The van der Waals surface area contributed by atoms with Gasteiger partial charge in [-0.3, -0.25) is 9.69 Å². The molecule has 1 amide bonds. The molecule has 4 nitrogen and oxygen atoms in total. The van der Waals surface area contributed by atoms with Crippen LogP contribution in [0.1, 0.15) is 32.6 Å². The van der Waals surface area contributed by atoms with Crippen molar-refractivity contribution in [3.63, 3.8) is 0 Å². The van der Waals surface area contributed by atoms with Gasteiger partial charge in [-0.25, -0.2) is 0 Å². The average molecular weight is 573 g/mol. The van der Waals surface area contributed by atoms with Crippen molar-refractivity contribution < 1.29 is 35.9 Å². The predicted molar refractivity (Wildman–Crippen MR) is 142 cm³/mol. The topological polar surface area (TPSA) is 32.8 Å². The molecule has 1 heterocycles. The van der Waals surface area contributed by atoms with Crippen molar-refractivity contribution in [3.8, 4) is 5.75 Å². The Balaban J connectivity index is 1.15. The molecule has 0 aromatic heterocycles. The highest BCUT2D eigenvalue weighted by molar-refractivity contribution is 5.98. The molecule has 1 aliphatic rings. The highest BCUT2D eigenvalue weighted by atomic mass is 19.4. The molecule has 4 aromatic carbocycles. The third-order valence-electron chi connectivity index (χ3n) is 7.09. The van der Waals surface area contributed by atoms with Crippen LogP contribution < -0.4 is 4.74 Å². The first-order valence-electron chi connectivity index (χ1n) is 13.0. The summed E-state index contributed by atoms with van der Waals surface area (Å²) >= 11 is 0. The van der Waals surface area contributed by atoms with E-state index in [1.165, 1.54) is 24.3 Å². The van der Waals surface area contributed by atoms with Crippen molar-refractivity contribution in [2.75, 3.05) is 26.2 Å². The number of alkyl halides is 6. The fourth-order valence-electron chi connectivity index (χ4n) is 4.75. The van der Waals surface area contributed by atoms with Crippen molar-refractivity contribution in [1.82, 2.24) is 9.80 Å². The molecule has 0 spiro atoms. The standard InChI is InChI=1S/C31H26F6N2O2/c32-30(33,34)26-8-1-21(2-9-26)19-38-13-15-39(16-14-38)29(40)25-6-5-24-18-28(12-7-23(24)17-25)41-20-22-3-10-27(11-4-22)31(35,36)37/h1-12,17-18H,13-16,19-20H2. The summed E-state index contributed by atoms with van der Waals surface area (Å²) in [6.07, 6.45) is -8.74. The van der Waals surface area contributed by atoms with Crippen molar-refractivity contribution in [2.24, 2.45) is 0 Å². The predicted octanol–water partition coefficient (Wildman–Crippen LogP) is 7.41. The molecule has 1 fully saturated rings. The Morgan fingerprint density at radius 1 is 0.659 bits per heavy atom. The van der Waals surface area contributed by atoms with Gasteiger partial charge in [-0.15, -0.1) is 0 Å². The van der Waals surface area contributed by atoms with E-state index in [2.05, 4.69) is 4.90 Å². The molecule has 0 unspecified atom stereocenters. The summed E-state index contributed by atoms with van der Waals surface area (Å²) in [6, 6.07) is 20.7. The Morgan fingerprint density at radius 2 is 1.20 bits per heavy atom. The number of hydrogen-bond donors (Lipinski definition) is 0. The van der Waals surface area contributed by atoms with Crippen LogP contribution in [0.4, 0.5) is 26.3 Å². The molecule has 0 N–H and O–H groups in total. The zero-order valence-corrected chi connectivity index (χ0v) is 21.8. The number of amides is 1. The van der Waals surface area contributed by atoms with Crippen LogP contribution in [0.2, 0.25) is 0 Å². The third kappa shape index (κ3) is 7.00. The Bertz CT molecular complexity index is 1510. The fraction of sp³-hybridized carbons (Fsp3) is 0.258. The maximum Gasteiger partial charge on any atom is 0.416 e. The van der Waals surface area contributed by atoms with Crippen molar-refractivity contribution in [1.29, 1.82) is 0 Å². The summed E-state index contributed by atoms with van der Waals surface area (Å²) in [5.74, 6) is 0.462. The Labute approximate surface area is 232 Å². The third-order valence-corrected chi connectivity index (χ3v) is 7.09. The zero-order valence-electron chi connectivity index (χ0n) is 21.8. The summed E-state index contributed by atoms with van der Waals surface area (Å²) in [5, 5.41) is 1.70. The number of hydrogen-bond acceptors (Lipinski definition) is 3. The van der Waals surface area contributed by atoms with Crippen LogP contribution in [0.15, 0.2) is 84.9 Å². The molecule has 41 heavy (non-hydrogen) atoms.